The number of aromatic nitrogens is 1. The van der Waals surface area contributed by atoms with Crippen LogP contribution in [0.1, 0.15) is 21.6 Å². The number of hydrogen-bond donors (Lipinski definition) is 2. The van der Waals surface area contributed by atoms with E-state index in [2.05, 4.69) is 15.3 Å². The summed E-state index contributed by atoms with van der Waals surface area (Å²) in [5.41, 5.74) is 6.42. The summed E-state index contributed by atoms with van der Waals surface area (Å²) in [5, 5.41) is 11.5. The number of nitrogens with zero attached hydrogens (tertiary/aromatic N) is 3. The smallest absolute Gasteiger partial charge is 0.281 e. The predicted molar refractivity (Wildman–Crippen MR) is 97.1 cm³/mol. The van der Waals surface area contributed by atoms with Gasteiger partial charge in [0.05, 0.1) is 19.3 Å². The number of nitriles is 1. The summed E-state index contributed by atoms with van der Waals surface area (Å²) in [6, 6.07) is 7.50. The number of methoxy groups -OCH3 is 1. The summed E-state index contributed by atoms with van der Waals surface area (Å²) >= 11 is 0. The number of amides is 1. The Balaban J connectivity index is 2.14. The van der Waals surface area contributed by atoms with Crippen molar-refractivity contribution in [3.63, 3.8) is 0 Å². The fraction of sp³-hybridized carbons (Fsp3) is 0.222. The van der Waals surface area contributed by atoms with Crippen LogP contribution in [0.2, 0.25) is 0 Å². The minimum atomic E-state index is -0.549. The fourth-order valence-corrected chi connectivity index (χ4v) is 2.20. The molecule has 0 radical (unpaired) electrons. The van der Waals surface area contributed by atoms with Gasteiger partial charge < -0.3 is 20.5 Å². The maximum atomic E-state index is 13.9. The third kappa shape index (κ3) is 5.15. The van der Waals surface area contributed by atoms with Gasteiger partial charge in [-0.3, -0.25) is 4.79 Å². The van der Waals surface area contributed by atoms with Crippen molar-refractivity contribution >= 4 is 17.6 Å². The Morgan fingerprint density at radius 3 is 2.89 bits per heavy atom. The van der Waals surface area contributed by atoms with Crippen LogP contribution in [-0.2, 0) is 11.2 Å². The molecule has 0 aliphatic heterocycles. The molecular formula is C18H18FN5O3. The van der Waals surface area contributed by atoms with Crippen LogP contribution in [0.5, 0.6) is 5.75 Å². The first-order valence-corrected chi connectivity index (χ1v) is 7.87. The Labute approximate surface area is 155 Å². The zero-order chi connectivity index (χ0) is 19.8. The first kappa shape index (κ1) is 19.7. The van der Waals surface area contributed by atoms with E-state index in [1.807, 2.05) is 6.07 Å². The number of carbonyl (C=O) groups is 1. The molecule has 3 N–H and O–H groups in total. The van der Waals surface area contributed by atoms with Crippen molar-refractivity contribution in [1.29, 1.82) is 5.26 Å². The number of anilines is 1. The number of hydrogen-bond acceptors (Lipinski definition) is 6. The number of ether oxygens (including phenoxy) is 2. The van der Waals surface area contributed by atoms with Crippen LogP contribution in [-0.4, -0.2) is 37.7 Å². The Morgan fingerprint density at radius 2 is 2.22 bits per heavy atom. The maximum absolute atomic E-state index is 13.9. The number of amidine groups is 1. The zero-order valence-corrected chi connectivity index (χ0v) is 14.8. The van der Waals surface area contributed by atoms with Crippen molar-refractivity contribution in [3.05, 3.63) is 53.1 Å². The third-order valence-electron chi connectivity index (χ3n) is 3.56. The molecule has 0 fully saturated rings. The van der Waals surface area contributed by atoms with Crippen molar-refractivity contribution < 1.29 is 18.7 Å². The summed E-state index contributed by atoms with van der Waals surface area (Å²) < 4.78 is 24.2. The molecule has 1 heterocycles. The molecular weight excluding hydrogens is 353 g/mol. The van der Waals surface area contributed by atoms with Crippen LogP contribution in [0.15, 0.2) is 35.5 Å². The van der Waals surface area contributed by atoms with Crippen LogP contribution >= 0.6 is 0 Å². The van der Waals surface area contributed by atoms with Crippen molar-refractivity contribution in [3.8, 4) is 11.8 Å². The maximum Gasteiger partial charge on any atom is 0.281 e. The summed E-state index contributed by atoms with van der Waals surface area (Å²) in [7, 11) is 2.85. The van der Waals surface area contributed by atoms with E-state index in [4.69, 9.17) is 20.5 Å². The SMILES string of the molecule is CN=C(N)OCCc1cc(NC(=O)c2ncc(C#N)cc2OC)ccc1F. The number of nitrogens with one attached hydrogen (secondary N) is 1. The molecule has 0 aliphatic rings. The van der Waals surface area contributed by atoms with Gasteiger partial charge in [0.15, 0.2) is 11.4 Å². The Bertz CT molecular complexity index is 908. The first-order chi connectivity index (χ1) is 13.0. The lowest BCUT2D eigenvalue weighted by Crippen LogP contribution is -2.18. The van der Waals surface area contributed by atoms with E-state index in [1.54, 1.807) is 0 Å². The quantitative estimate of drug-likeness (QED) is 0.590. The van der Waals surface area contributed by atoms with Gasteiger partial charge in [-0.15, -0.1) is 0 Å². The molecule has 2 aromatic rings. The van der Waals surface area contributed by atoms with Gasteiger partial charge in [-0.1, -0.05) is 0 Å². The molecule has 1 aromatic heterocycles. The summed E-state index contributed by atoms with van der Waals surface area (Å²) in [6.07, 6.45) is 1.51. The predicted octanol–water partition coefficient (Wildman–Crippen LogP) is 1.86. The molecule has 0 saturated heterocycles. The second-order valence-corrected chi connectivity index (χ2v) is 5.31. The highest BCUT2D eigenvalue weighted by molar-refractivity contribution is 6.04. The molecule has 0 aliphatic carbocycles. The standard InChI is InChI=1S/C18H18FN5O3/c1-22-18(21)27-6-5-12-8-13(3-4-14(12)19)24-17(25)16-15(26-2)7-11(9-20)10-23-16/h3-4,7-8,10H,5-6H2,1-2H3,(H2,21,22)(H,24,25). The zero-order valence-electron chi connectivity index (χ0n) is 14.8. The summed E-state index contributed by atoms with van der Waals surface area (Å²) in [5.74, 6) is -0.818. The van der Waals surface area contributed by atoms with Crippen LogP contribution in [0.4, 0.5) is 10.1 Å². The minimum Gasteiger partial charge on any atom is -0.494 e. The second-order valence-electron chi connectivity index (χ2n) is 5.31. The molecule has 0 saturated carbocycles. The lowest BCUT2D eigenvalue weighted by atomic mass is 10.1. The highest BCUT2D eigenvalue weighted by atomic mass is 19.1. The van der Waals surface area contributed by atoms with E-state index in [1.165, 1.54) is 44.6 Å². The van der Waals surface area contributed by atoms with Gasteiger partial charge in [0.25, 0.3) is 11.9 Å². The molecule has 140 valence electrons. The van der Waals surface area contributed by atoms with E-state index in [-0.39, 0.29) is 36.1 Å². The van der Waals surface area contributed by atoms with Gasteiger partial charge in [-0.25, -0.2) is 14.4 Å². The minimum absolute atomic E-state index is 0.0117. The Kier molecular flexibility index (Phi) is 6.66. The normalized spacial score (nSPS) is 10.8. The van der Waals surface area contributed by atoms with Gasteiger partial charge in [-0.2, -0.15) is 5.26 Å². The molecule has 0 bridgehead atoms. The molecule has 27 heavy (non-hydrogen) atoms. The highest BCUT2D eigenvalue weighted by Crippen LogP contribution is 2.20. The Morgan fingerprint density at radius 1 is 1.44 bits per heavy atom. The van der Waals surface area contributed by atoms with Crippen LogP contribution in [0, 0.1) is 17.1 Å². The van der Waals surface area contributed by atoms with E-state index >= 15 is 0 Å². The number of pyridine rings is 1. The molecule has 1 aromatic carbocycles. The monoisotopic (exact) mass is 371 g/mol. The lowest BCUT2D eigenvalue weighted by molar-refractivity contribution is 0.101. The number of carbonyl (C=O) groups excluding carboxylic acids is 1. The van der Waals surface area contributed by atoms with E-state index in [0.29, 0.717) is 11.3 Å². The molecule has 0 spiro atoms. The number of aliphatic imine (C=N–C) groups is 1. The largest absolute Gasteiger partial charge is 0.494 e. The van der Waals surface area contributed by atoms with Gasteiger partial charge in [-0.05, 0) is 23.8 Å². The Hall–Kier alpha value is -3.67. The van der Waals surface area contributed by atoms with E-state index in [9.17, 15) is 9.18 Å². The van der Waals surface area contributed by atoms with Crippen LogP contribution in [0.3, 0.4) is 0 Å². The second kappa shape index (κ2) is 9.15. The summed E-state index contributed by atoms with van der Waals surface area (Å²) in [6.45, 7) is 0.141. The lowest BCUT2D eigenvalue weighted by Gasteiger charge is -2.11. The van der Waals surface area contributed by atoms with Crippen molar-refractivity contribution in [2.45, 2.75) is 6.42 Å². The van der Waals surface area contributed by atoms with Gasteiger partial charge in [0.2, 0.25) is 0 Å². The average Bonchev–Trinajstić information content (AvgIpc) is 2.69. The summed E-state index contributed by atoms with van der Waals surface area (Å²) in [4.78, 5) is 20.0. The van der Waals surface area contributed by atoms with Crippen LogP contribution in [0.25, 0.3) is 0 Å². The molecule has 1 amide bonds. The van der Waals surface area contributed by atoms with Crippen LogP contribution < -0.4 is 15.8 Å². The topological polar surface area (TPSA) is 123 Å². The van der Waals surface area contributed by atoms with Crippen molar-refractivity contribution in [2.75, 3.05) is 26.1 Å². The van der Waals surface area contributed by atoms with Gasteiger partial charge in [0, 0.05) is 31.4 Å². The van der Waals surface area contributed by atoms with Gasteiger partial charge >= 0.3 is 0 Å². The van der Waals surface area contributed by atoms with E-state index < -0.39 is 11.7 Å². The number of halogens is 1. The third-order valence-corrected chi connectivity index (χ3v) is 3.56. The molecule has 2 rings (SSSR count). The van der Waals surface area contributed by atoms with E-state index in [0.717, 1.165) is 0 Å². The highest BCUT2D eigenvalue weighted by Gasteiger charge is 2.16. The van der Waals surface area contributed by atoms with Crippen molar-refractivity contribution in [2.24, 2.45) is 10.7 Å². The molecule has 9 heteroatoms. The van der Waals surface area contributed by atoms with Gasteiger partial charge in [0.1, 0.15) is 11.9 Å². The number of nitrogens with two attached hydrogens (primary N) is 1. The molecule has 0 atom stereocenters. The first-order valence-electron chi connectivity index (χ1n) is 7.87. The molecule has 8 nitrogen and oxygen atoms in total. The van der Waals surface area contributed by atoms with Crippen molar-refractivity contribution in [1.82, 2.24) is 4.98 Å². The fourth-order valence-electron chi connectivity index (χ4n) is 2.20. The average molecular weight is 371 g/mol. The number of rotatable bonds is 6. The number of benzene rings is 1. The molecule has 0 unspecified atom stereocenters.